The molecule has 72 valence electrons. The zero-order valence-corrected chi connectivity index (χ0v) is 8.13. The number of hydrogen-bond donors (Lipinski definition) is 0. The van der Waals surface area contributed by atoms with Crippen LogP contribution >= 0.6 is 0 Å². The third kappa shape index (κ3) is 4.34. The number of carbonyl (C=O) groups is 1. The number of hydrogen-bond acceptors (Lipinski definition) is 3. The summed E-state index contributed by atoms with van der Waals surface area (Å²) in [5, 5.41) is 0. The fourth-order valence-corrected chi connectivity index (χ4v) is 0.957. The van der Waals surface area contributed by atoms with Gasteiger partial charge in [-0.3, -0.25) is 0 Å². The third-order valence-corrected chi connectivity index (χ3v) is 1.65. The number of esters is 1. The number of methoxy groups -OCH3 is 1. The van der Waals surface area contributed by atoms with E-state index in [-0.39, 0.29) is 12.1 Å². The van der Waals surface area contributed by atoms with Crippen LogP contribution in [-0.4, -0.2) is 25.8 Å². The van der Waals surface area contributed by atoms with Gasteiger partial charge in [-0.05, 0) is 13.3 Å². The Kier molecular flexibility index (Phi) is 6.76. The summed E-state index contributed by atoms with van der Waals surface area (Å²) in [6.07, 6.45) is 2.45. The van der Waals surface area contributed by atoms with Crippen LogP contribution < -0.4 is 0 Å². The van der Waals surface area contributed by atoms with Crippen LogP contribution in [0.3, 0.4) is 0 Å². The van der Waals surface area contributed by atoms with Gasteiger partial charge in [-0.1, -0.05) is 19.8 Å². The lowest BCUT2D eigenvalue weighted by atomic mass is 10.1. The Morgan fingerprint density at radius 3 is 2.50 bits per heavy atom. The van der Waals surface area contributed by atoms with Gasteiger partial charge in [0.15, 0.2) is 6.10 Å². The average Bonchev–Trinajstić information content (AvgIpc) is 2.06. The molecule has 3 nitrogen and oxygen atoms in total. The molecule has 12 heavy (non-hydrogen) atoms. The fraction of sp³-hybridized carbons (Fsp3) is 0.889. The van der Waals surface area contributed by atoms with Gasteiger partial charge in [0.05, 0.1) is 6.61 Å². The first kappa shape index (κ1) is 11.4. The van der Waals surface area contributed by atoms with Crippen molar-refractivity contribution in [3.8, 4) is 0 Å². The van der Waals surface area contributed by atoms with E-state index in [9.17, 15) is 4.79 Å². The Hall–Kier alpha value is -0.570. The molecule has 0 unspecified atom stereocenters. The second kappa shape index (κ2) is 7.10. The highest BCUT2D eigenvalue weighted by Gasteiger charge is 2.17. The molecule has 0 saturated carbocycles. The zero-order chi connectivity index (χ0) is 9.40. The van der Waals surface area contributed by atoms with Gasteiger partial charge in [0.1, 0.15) is 0 Å². The topological polar surface area (TPSA) is 35.5 Å². The minimum absolute atomic E-state index is 0.242. The summed E-state index contributed by atoms with van der Waals surface area (Å²) >= 11 is 0. The van der Waals surface area contributed by atoms with E-state index in [4.69, 9.17) is 9.47 Å². The Bertz CT molecular complexity index is 123. The van der Waals surface area contributed by atoms with Gasteiger partial charge < -0.3 is 9.47 Å². The highest BCUT2D eigenvalue weighted by molar-refractivity contribution is 5.74. The van der Waals surface area contributed by atoms with Crippen LogP contribution in [0.25, 0.3) is 0 Å². The van der Waals surface area contributed by atoms with Gasteiger partial charge >= 0.3 is 5.97 Å². The van der Waals surface area contributed by atoms with Crippen molar-refractivity contribution in [1.82, 2.24) is 0 Å². The molecule has 3 heteroatoms. The first-order chi connectivity index (χ1) is 5.76. The largest absolute Gasteiger partial charge is 0.464 e. The van der Waals surface area contributed by atoms with Gasteiger partial charge in [-0.25, -0.2) is 4.79 Å². The predicted octanol–water partition coefficient (Wildman–Crippen LogP) is 1.75. The summed E-state index contributed by atoms with van der Waals surface area (Å²) in [5.41, 5.74) is 0. The van der Waals surface area contributed by atoms with Crippen molar-refractivity contribution in [3.63, 3.8) is 0 Å². The highest BCUT2D eigenvalue weighted by atomic mass is 16.6. The van der Waals surface area contributed by atoms with Gasteiger partial charge in [0.2, 0.25) is 0 Å². The summed E-state index contributed by atoms with van der Waals surface area (Å²) < 4.78 is 9.82. The Morgan fingerprint density at radius 1 is 1.42 bits per heavy atom. The van der Waals surface area contributed by atoms with Crippen molar-refractivity contribution in [2.45, 2.75) is 39.2 Å². The minimum Gasteiger partial charge on any atom is -0.464 e. The number of carbonyl (C=O) groups excluding carboxylic acids is 1. The van der Waals surface area contributed by atoms with Crippen LogP contribution in [0.15, 0.2) is 0 Å². The molecule has 0 amide bonds. The van der Waals surface area contributed by atoms with Crippen molar-refractivity contribution >= 4 is 5.97 Å². The molecule has 1 atom stereocenters. The molecule has 0 bridgehead atoms. The van der Waals surface area contributed by atoms with Crippen molar-refractivity contribution in [3.05, 3.63) is 0 Å². The van der Waals surface area contributed by atoms with Crippen LogP contribution in [0.5, 0.6) is 0 Å². The summed E-state index contributed by atoms with van der Waals surface area (Å²) in [6, 6.07) is 0. The molecular formula is C9H18O3. The van der Waals surface area contributed by atoms with Gasteiger partial charge in [0.25, 0.3) is 0 Å². The van der Waals surface area contributed by atoms with E-state index < -0.39 is 0 Å². The number of unbranched alkanes of at least 4 members (excludes halogenated alkanes) is 1. The second-order valence-electron chi connectivity index (χ2n) is 2.62. The molecule has 0 aromatic heterocycles. The standard InChI is InChI=1S/C9H18O3/c1-4-6-7-8(11-3)9(10)12-5-2/h8H,4-7H2,1-3H3/t8-/m1/s1. The highest BCUT2D eigenvalue weighted by Crippen LogP contribution is 2.05. The SMILES string of the molecule is CCCC[C@@H](OC)C(=O)OCC. The lowest BCUT2D eigenvalue weighted by Crippen LogP contribution is -2.25. The lowest BCUT2D eigenvalue weighted by molar-refractivity contribution is -0.155. The van der Waals surface area contributed by atoms with Crippen LogP contribution in [0.1, 0.15) is 33.1 Å². The van der Waals surface area contributed by atoms with Crippen molar-refractivity contribution < 1.29 is 14.3 Å². The molecule has 0 spiro atoms. The molecule has 0 aliphatic heterocycles. The number of rotatable bonds is 6. The summed E-state index contributed by atoms with van der Waals surface area (Å²) in [4.78, 5) is 11.1. The van der Waals surface area contributed by atoms with E-state index in [1.54, 1.807) is 6.92 Å². The monoisotopic (exact) mass is 174 g/mol. The summed E-state index contributed by atoms with van der Waals surface area (Å²) in [6.45, 7) is 4.30. The molecule has 0 aromatic carbocycles. The first-order valence-electron chi connectivity index (χ1n) is 4.45. The van der Waals surface area contributed by atoms with Gasteiger partial charge in [0, 0.05) is 7.11 Å². The molecule has 0 aliphatic carbocycles. The zero-order valence-electron chi connectivity index (χ0n) is 8.13. The molecule has 0 N–H and O–H groups in total. The Balaban J connectivity index is 3.71. The van der Waals surface area contributed by atoms with Crippen LogP contribution in [0, 0.1) is 0 Å². The third-order valence-electron chi connectivity index (χ3n) is 1.65. The van der Waals surface area contributed by atoms with Crippen molar-refractivity contribution in [2.75, 3.05) is 13.7 Å². The maximum Gasteiger partial charge on any atom is 0.335 e. The Morgan fingerprint density at radius 2 is 2.08 bits per heavy atom. The van der Waals surface area contributed by atoms with E-state index >= 15 is 0 Å². The molecule has 0 rings (SSSR count). The van der Waals surface area contributed by atoms with Crippen LogP contribution in [0.2, 0.25) is 0 Å². The quantitative estimate of drug-likeness (QED) is 0.575. The van der Waals surface area contributed by atoms with Crippen LogP contribution in [-0.2, 0) is 14.3 Å². The van der Waals surface area contributed by atoms with Crippen LogP contribution in [0.4, 0.5) is 0 Å². The molecule has 0 fully saturated rings. The molecule has 0 saturated heterocycles. The fourth-order valence-electron chi connectivity index (χ4n) is 0.957. The maximum absolute atomic E-state index is 11.1. The maximum atomic E-state index is 11.1. The molecule has 0 radical (unpaired) electrons. The molecular weight excluding hydrogens is 156 g/mol. The van der Waals surface area contributed by atoms with E-state index in [1.807, 2.05) is 0 Å². The van der Waals surface area contributed by atoms with Gasteiger partial charge in [-0.15, -0.1) is 0 Å². The van der Waals surface area contributed by atoms with Gasteiger partial charge in [-0.2, -0.15) is 0 Å². The first-order valence-corrected chi connectivity index (χ1v) is 4.45. The van der Waals surface area contributed by atoms with Crippen molar-refractivity contribution in [2.24, 2.45) is 0 Å². The van der Waals surface area contributed by atoms with E-state index in [2.05, 4.69) is 6.92 Å². The predicted molar refractivity (Wildman–Crippen MR) is 47.0 cm³/mol. The van der Waals surface area contributed by atoms with E-state index in [0.29, 0.717) is 6.61 Å². The average molecular weight is 174 g/mol. The lowest BCUT2D eigenvalue weighted by Gasteiger charge is -2.12. The molecule has 0 aromatic rings. The minimum atomic E-state index is -0.370. The Labute approximate surface area is 74.0 Å². The van der Waals surface area contributed by atoms with E-state index in [0.717, 1.165) is 19.3 Å². The smallest absolute Gasteiger partial charge is 0.335 e. The normalized spacial score (nSPS) is 12.6. The van der Waals surface area contributed by atoms with E-state index in [1.165, 1.54) is 7.11 Å². The number of ether oxygens (including phenoxy) is 2. The summed E-state index contributed by atoms with van der Waals surface area (Å²) in [5.74, 6) is -0.242. The summed E-state index contributed by atoms with van der Waals surface area (Å²) in [7, 11) is 1.54. The second-order valence-corrected chi connectivity index (χ2v) is 2.62. The van der Waals surface area contributed by atoms with Crippen molar-refractivity contribution in [1.29, 1.82) is 0 Å². The molecule has 0 aliphatic rings. The molecule has 0 heterocycles.